The molecule has 2 aromatic carbocycles. The summed E-state index contributed by atoms with van der Waals surface area (Å²) in [6.45, 7) is 0.862. The van der Waals surface area contributed by atoms with Gasteiger partial charge in [-0.15, -0.1) is 0 Å². The van der Waals surface area contributed by atoms with E-state index in [4.69, 9.17) is 0 Å². The summed E-state index contributed by atoms with van der Waals surface area (Å²) in [5, 5.41) is 0. The smallest absolute Gasteiger partial charge is 0.289 e. The number of hydrogen-bond acceptors (Lipinski definition) is 1. The van der Waals surface area contributed by atoms with Crippen LogP contribution >= 0.6 is 0 Å². The molecule has 0 aromatic heterocycles. The molecule has 2 bridgehead atoms. The molecule has 0 aliphatic carbocycles. The Morgan fingerprint density at radius 1 is 0.923 bits per heavy atom. The molecule has 0 amide bonds. The fourth-order valence-corrected chi connectivity index (χ4v) is 4.37. The quantitative estimate of drug-likeness (QED) is 0.659. The molecule has 4 heteroatoms. The van der Waals surface area contributed by atoms with Crippen LogP contribution in [0.3, 0.4) is 0 Å². The first kappa shape index (κ1) is 17.3. The summed E-state index contributed by atoms with van der Waals surface area (Å²) in [7, 11) is 0. The predicted molar refractivity (Wildman–Crippen MR) is 97.5 cm³/mol. The fourth-order valence-electron chi connectivity index (χ4n) is 4.37. The molecular formula is C22H22F3N. The molecule has 0 saturated carbocycles. The summed E-state index contributed by atoms with van der Waals surface area (Å²) < 4.78 is 40.3. The second-order valence-corrected chi connectivity index (χ2v) is 7.25. The minimum atomic E-state index is -4.31. The van der Waals surface area contributed by atoms with E-state index < -0.39 is 11.7 Å². The first-order valence-corrected chi connectivity index (χ1v) is 9.19. The van der Waals surface area contributed by atoms with E-state index in [0.717, 1.165) is 31.4 Å². The highest BCUT2D eigenvalue weighted by atomic mass is 19.4. The number of benzene rings is 2. The lowest BCUT2D eigenvalue weighted by Crippen LogP contribution is -2.47. The highest BCUT2D eigenvalue weighted by molar-refractivity contribution is 5.70. The Morgan fingerprint density at radius 3 is 2.38 bits per heavy atom. The molecule has 1 fully saturated rings. The van der Waals surface area contributed by atoms with Crippen molar-refractivity contribution in [1.82, 2.24) is 4.90 Å². The fraction of sp³-hybridized carbons (Fsp3) is 0.364. The third-order valence-electron chi connectivity index (χ3n) is 5.57. The van der Waals surface area contributed by atoms with E-state index in [1.165, 1.54) is 17.7 Å². The first-order valence-electron chi connectivity index (χ1n) is 9.19. The van der Waals surface area contributed by atoms with Crippen LogP contribution in [-0.2, 0) is 12.7 Å². The van der Waals surface area contributed by atoms with Crippen LogP contribution in [-0.4, -0.2) is 17.0 Å². The van der Waals surface area contributed by atoms with Crippen molar-refractivity contribution in [3.8, 4) is 0 Å². The minimum Gasteiger partial charge on any atom is -0.289 e. The Bertz CT molecular complexity index is 795. The van der Waals surface area contributed by atoms with Crippen molar-refractivity contribution in [2.75, 3.05) is 0 Å². The topological polar surface area (TPSA) is 3.24 Å². The molecule has 26 heavy (non-hydrogen) atoms. The number of nitrogens with zero attached hydrogens (tertiary/aromatic N) is 1. The van der Waals surface area contributed by atoms with Crippen molar-refractivity contribution in [3.63, 3.8) is 0 Å². The van der Waals surface area contributed by atoms with Crippen molar-refractivity contribution in [2.45, 2.75) is 50.5 Å². The molecule has 0 spiro atoms. The number of rotatable bonds is 3. The van der Waals surface area contributed by atoms with E-state index in [0.29, 0.717) is 18.0 Å². The van der Waals surface area contributed by atoms with Crippen LogP contribution in [0.5, 0.6) is 0 Å². The highest BCUT2D eigenvalue weighted by Crippen LogP contribution is 2.42. The van der Waals surface area contributed by atoms with Gasteiger partial charge in [-0.05, 0) is 42.0 Å². The molecule has 0 radical (unpaired) electrons. The Morgan fingerprint density at radius 2 is 1.65 bits per heavy atom. The van der Waals surface area contributed by atoms with Crippen molar-refractivity contribution in [2.24, 2.45) is 0 Å². The third-order valence-corrected chi connectivity index (χ3v) is 5.57. The van der Waals surface area contributed by atoms with Crippen LogP contribution in [0.2, 0.25) is 0 Å². The molecule has 2 aromatic rings. The van der Waals surface area contributed by atoms with Crippen LogP contribution in [0.4, 0.5) is 13.2 Å². The number of hydrogen-bond donors (Lipinski definition) is 0. The molecule has 2 heterocycles. The Hall–Kier alpha value is -2.07. The summed E-state index contributed by atoms with van der Waals surface area (Å²) in [5.74, 6) is 0. The van der Waals surface area contributed by atoms with Crippen LogP contribution in [0, 0.1) is 0 Å². The standard InChI is InChI=1S/C22H22F3N/c23-22(24,25)21-12-5-4-11-20(21)17-13-18-9-6-10-19(14-17)26(18)15-16-7-2-1-3-8-16/h1-5,7-8,11-13,18-19H,6,9-10,14-15H2. The van der Waals surface area contributed by atoms with Gasteiger partial charge in [-0.2, -0.15) is 13.2 Å². The maximum Gasteiger partial charge on any atom is 0.416 e. The van der Waals surface area contributed by atoms with Gasteiger partial charge in [0.1, 0.15) is 0 Å². The molecule has 2 aliphatic rings. The lowest BCUT2D eigenvalue weighted by Gasteiger charge is -2.45. The number of fused-ring (bicyclic) bond motifs is 2. The van der Waals surface area contributed by atoms with Gasteiger partial charge in [-0.1, -0.05) is 61.0 Å². The molecule has 1 saturated heterocycles. The van der Waals surface area contributed by atoms with Crippen molar-refractivity contribution in [1.29, 1.82) is 0 Å². The van der Waals surface area contributed by atoms with E-state index >= 15 is 0 Å². The average molecular weight is 357 g/mol. The summed E-state index contributed by atoms with van der Waals surface area (Å²) in [4.78, 5) is 2.47. The Labute approximate surface area is 152 Å². The van der Waals surface area contributed by atoms with E-state index in [1.807, 2.05) is 18.2 Å². The zero-order chi connectivity index (χ0) is 18.1. The van der Waals surface area contributed by atoms with E-state index in [1.54, 1.807) is 12.1 Å². The van der Waals surface area contributed by atoms with Crippen LogP contribution in [0.15, 0.2) is 60.7 Å². The van der Waals surface area contributed by atoms with Crippen LogP contribution in [0.1, 0.15) is 42.4 Å². The molecule has 0 N–H and O–H groups in total. The van der Waals surface area contributed by atoms with Gasteiger partial charge in [-0.25, -0.2) is 0 Å². The second-order valence-electron chi connectivity index (χ2n) is 7.25. The van der Waals surface area contributed by atoms with Gasteiger partial charge in [0.25, 0.3) is 0 Å². The van der Waals surface area contributed by atoms with Crippen molar-refractivity contribution < 1.29 is 13.2 Å². The van der Waals surface area contributed by atoms with Crippen molar-refractivity contribution in [3.05, 3.63) is 77.4 Å². The van der Waals surface area contributed by atoms with E-state index in [9.17, 15) is 13.2 Å². The molecule has 4 rings (SSSR count). The Balaban J connectivity index is 1.65. The van der Waals surface area contributed by atoms with Crippen molar-refractivity contribution >= 4 is 5.57 Å². The number of alkyl halides is 3. The molecule has 2 unspecified atom stereocenters. The van der Waals surface area contributed by atoms with Gasteiger partial charge in [0.05, 0.1) is 5.56 Å². The monoisotopic (exact) mass is 357 g/mol. The van der Waals surface area contributed by atoms with Gasteiger partial charge >= 0.3 is 6.18 Å². The summed E-state index contributed by atoms with van der Waals surface area (Å²) >= 11 is 0. The highest BCUT2D eigenvalue weighted by Gasteiger charge is 2.38. The normalized spacial score (nSPS) is 23.6. The van der Waals surface area contributed by atoms with E-state index in [-0.39, 0.29) is 6.04 Å². The number of halogens is 3. The maximum atomic E-state index is 13.4. The van der Waals surface area contributed by atoms with Crippen LogP contribution < -0.4 is 0 Å². The molecule has 136 valence electrons. The molecular weight excluding hydrogens is 335 g/mol. The maximum absolute atomic E-state index is 13.4. The summed E-state index contributed by atoms with van der Waals surface area (Å²) in [6.07, 6.45) is 1.68. The lowest BCUT2D eigenvalue weighted by atomic mass is 9.81. The zero-order valence-electron chi connectivity index (χ0n) is 14.5. The lowest BCUT2D eigenvalue weighted by molar-refractivity contribution is -0.137. The van der Waals surface area contributed by atoms with Gasteiger partial charge < -0.3 is 0 Å². The molecule has 2 aliphatic heterocycles. The van der Waals surface area contributed by atoms with Gasteiger partial charge in [0.2, 0.25) is 0 Å². The van der Waals surface area contributed by atoms with E-state index in [2.05, 4.69) is 23.1 Å². The minimum absolute atomic E-state index is 0.221. The first-order chi connectivity index (χ1) is 12.5. The Kier molecular flexibility index (Phi) is 4.62. The van der Waals surface area contributed by atoms with Gasteiger partial charge in [0.15, 0.2) is 0 Å². The summed E-state index contributed by atoms with van der Waals surface area (Å²) in [5.41, 5.74) is 1.96. The predicted octanol–water partition coefficient (Wildman–Crippen LogP) is 5.92. The van der Waals surface area contributed by atoms with Gasteiger partial charge in [-0.3, -0.25) is 4.90 Å². The van der Waals surface area contributed by atoms with Crippen LogP contribution in [0.25, 0.3) is 5.57 Å². The third kappa shape index (κ3) is 3.43. The molecule has 1 nitrogen and oxygen atoms in total. The zero-order valence-corrected chi connectivity index (χ0v) is 14.5. The van der Waals surface area contributed by atoms with Gasteiger partial charge in [0, 0.05) is 18.6 Å². The molecule has 2 atom stereocenters. The SMILES string of the molecule is FC(F)(F)c1ccccc1C1=CC2CCCC(C1)N2Cc1ccccc1. The second kappa shape index (κ2) is 6.92. The largest absolute Gasteiger partial charge is 0.416 e. The average Bonchev–Trinajstić information content (AvgIpc) is 2.62. The number of piperidine rings is 1. The summed E-state index contributed by atoms with van der Waals surface area (Å²) in [6, 6.07) is 16.9.